The Bertz CT molecular complexity index is 474. The van der Waals surface area contributed by atoms with Crippen LogP contribution in [0, 0.1) is 0 Å². The van der Waals surface area contributed by atoms with Crippen LogP contribution in [0.15, 0.2) is 5.11 Å². The summed E-state index contributed by atoms with van der Waals surface area (Å²) in [5.41, 5.74) is 8.50. The first kappa shape index (κ1) is 16.7. The average Bonchev–Trinajstić information content (AvgIpc) is 2.65. The lowest BCUT2D eigenvalue weighted by molar-refractivity contribution is -0.165. The molecule has 0 saturated carbocycles. The third kappa shape index (κ3) is 4.93. The fourth-order valence-corrected chi connectivity index (χ4v) is 1.84. The maximum absolute atomic E-state index is 11.1. The van der Waals surface area contributed by atoms with Gasteiger partial charge in [-0.1, -0.05) is 5.11 Å². The van der Waals surface area contributed by atoms with Crippen molar-refractivity contribution < 1.29 is 33.3 Å². The maximum atomic E-state index is 11.1. The van der Waals surface area contributed by atoms with E-state index in [1.165, 1.54) is 6.92 Å². The Balaban J connectivity index is 2.95. The lowest BCUT2D eigenvalue weighted by Gasteiger charge is -2.22. The van der Waals surface area contributed by atoms with Crippen LogP contribution in [0.2, 0.25) is 0 Å². The van der Waals surface area contributed by atoms with Crippen molar-refractivity contribution in [3.8, 4) is 0 Å². The molecule has 2 unspecified atom stereocenters. The van der Waals surface area contributed by atoms with Gasteiger partial charge < -0.3 is 18.9 Å². The highest BCUT2D eigenvalue weighted by atomic mass is 16.7. The SMILES string of the molecule is CC(=O)OC[C@H]1O[C@@H](N=[N+]=[N-])C(OC(C)=O)C1OC(C)=O. The van der Waals surface area contributed by atoms with Crippen molar-refractivity contribution in [1.82, 2.24) is 0 Å². The summed E-state index contributed by atoms with van der Waals surface area (Å²) in [6.45, 7) is 3.28. The largest absolute Gasteiger partial charge is 0.463 e. The van der Waals surface area contributed by atoms with Gasteiger partial charge in [0.25, 0.3) is 0 Å². The van der Waals surface area contributed by atoms with Crippen LogP contribution in [-0.2, 0) is 33.3 Å². The van der Waals surface area contributed by atoms with Crippen molar-refractivity contribution >= 4 is 17.9 Å². The molecule has 1 saturated heterocycles. The van der Waals surface area contributed by atoms with E-state index in [0.717, 1.165) is 13.8 Å². The van der Waals surface area contributed by atoms with E-state index >= 15 is 0 Å². The number of carbonyl (C=O) groups is 3. The van der Waals surface area contributed by atoms with E-state index in [9.17, 15) is 14.4 Å². The molecule has 0 aromatic heterocycles. The number of carbonyl (C=O) groups excluding carboxylic acids is 3. The molecule has 1 heterocycles. The molecule has 116 valence electrons. The van der Waals surface area contributed by atoms with Crippen LogP contribution in [0.25, 0.3) is 10.4 Å². The van der Waals surface area contributed by atoms with Gasteiger partial charge in [-0.25, -0.2) is 0 Å². The quantitative estimate of drug-likeness (QED) is 0.236. The predicted octanol–water partition coefficient (Wildman–Crippen LogP) is 0.448. The number of azide groups is 1. The zero-order valence-electron chi connectivity index (χ0n) is 11.7. The molecular weight excluding hydrogens is 286 g/mol. The molecule has 0 spiro atoms. The van der Waals surface area contributed by atoms with Gasteiger partial charge in [0, 0.05) is 25.7 Å². The van der Waals surface area contributed by atoms with E-state index in [1.807, 2.05) is 0 Å². The molecule has 10 heteroatoms. The lowest BCUT2D eigenvalue weighted by Crippen LogP contribution is -2.40. The van der Waals surface area contributed by atoms with E-state index in [2.05, 4.69) is 10.0 Å². The minimum absolute atomic E-state index is 0.234. The Morgan fingerprint density at radius 2 is 1.67 bits per heavy atom. The number of hydrogen-bond donors (Lipinski definition) is 0. The molecule has 10 nitrogen and oxygen atoms in total. The molecule has 1 fully saturated rings. The van der Waals surface area contributed by atoms with Crippen LogP contribution in [0.5, 0.6) is 0 Å². The second kappa shape index (κ2) is 7.46. The zero-order chi connectivity index (χ0) is 16.0. The van der Waals surface area contributed by atoms with Crippen LogP contribution in [0.1, 0.15) is 20.8 Å². The Hall–Kier alpha value is -2.32. The van der Waals surface area contributed by atoms with Crippen LogP contribution < -0.4 is 0 Å². The minimum Gasteiger partial charge on any atom is -0.463 e. The van der Waals surface area contributed by atoms with Gasteiger partial charge in [0.1, 0.15) is 12.7 Å². The maximum Gasteiger partial charge on any atom is 0.303 e. The highest BCUT2D eigenvalue weighted by molar-refractivity contribution is 5.68. The minimum atomic E-state index is -1.18. The molecule has 21 heavy (non-hydrogen) atoms. The van der Waals surface area contributed by atoms with Gasteiger partial charge in [-0.05, 0) is 5.53 Å². The molecule has 1 aliphatic heterocycles. The monoisotopic (exact) mass is 301 g/mol. The molecule has 0 bridgehead atoms. The standard InChI is InChI=1S/C11H15N3O7/c1-5(15)18-4-8-9(19-6(2)16)10(20-7(3)17)11(21-8)13-14-12/h8-11H,4H2,1-3H3/t8-,9?,10?,11-/m1/s1. The zero-order valence-corrected chi connectivity index (χ0v) is 11.7. The highest BCUT2D eigenvalue weighted by Crippen LogP contribution is 2.28. The Labute approximate surface area is 119 Å². The van der Waals surface area contributed by atoms with Gasteiger partial charge in [-0.2, -0.15) is 0 Å². The lowest BCUT2D eigenvalue weighted by atomic mass is 10.1. The molecular formula is C11H15N3O7. The van der Waals surface area contributed by atoms with E-state index in [0.29, 0.717) is 0 Å². The summed E-state index contributed by atoms with van der Waals surface area (Å²) in [6.07, 6.45) is -4.23. The van der Waals surface area contributed by atoms with E-state index in [-0.39, 0.29) is 6.61 Å². The van der Waals surface area contributed by atoms with E-state index in [4.69, 9.17) is 24.5 Å². The molecule has 1 rings (SSSR count). The molecule has 0 aromatic carbocycles. The van der Waals surface area contributed by atoms with Crippen LogP contribution in [0.3, 0.4) is 0 Å². The summed E-state index contributed by atoms with van der Waals surface area (Å²) in [5, 5.41) is 3.34. The normalized spacial score (nSPS) is 27.4. The first-order valence-corrected chi connectivity index (χ1v) is 6.02. The summed E-state index contributed by atoms with van der Waals surface area (Å²) in [6, 6.07) is 0. The van der Waals surface area contributed by atoms with Gasteiger partial charge in [-0.3, -0.25) is 14.4 Å². The number of esters is 3. The fourth-order valence-electron chi connectivity index (χ4n) is 1.84. The summed E-state index contributed by atoms with van der Waals surface area (Å²) < 4.78 is 20.1. The molecule has 0 aromatic rings. The molecule has 1 aliphatic rings. The molecule has 0 amide bonds. The smallest absolute Gasteiger partial charge is 0.303 e. The first-order valence-electron chi connectivity index (χ1n) is 6.02. The molecule has 0 radical (unpaired) electrons. The van der Waals surface area contributed by atoms with Crippen LogP contribution in [0.4, 0.5) is 0 Å². The summed E-state index contributed by atoms with van der Waals surface area (Å²) >= 11 is 0. The highest BCUT2D eigenvalue weighted by Gasteiger charge is 2.49. The second-order valence-corrected chi connectivity index (χ2v) is 4.22. The van der Waals surface area contributed by atoms with Crippen LogP contribution >= 0.6 is 0 Å². The van der Waals surface area contributed by atoms with Gasteiger partial charge >= 0.3 is 17.9 Å². The van der Waals surface area contributed by atoms with E-state index < -0.39 is 42.4 Å². The van der Waals surface area contributed by atoms with Gasteiger partial charge in [0.05, 0.1) is 0 Å². The number of hydrogen-bond acceptors (Lipinski definition) is 8. The third-order valence-electron chi connectivity index (χ3n) is 2.51. The molecule has 4 atom stereocenters. The van der Waals surface area contributed by atoms with Crippen molar-refractivity contribution in [1.29, 1.82) is 0 Å². The molecule has 0 N–H and O–H groups in total. The third-order valence-corrected chi connectivity index (χ3v) is 2.51. The second-order valence-electron chi connectivity index (χ2n) is 4.22. The average molecular weight is 301 g/mol. The van der Waals surface area contributed by atoms with Crippen LogP contribution in [-0.4, -0.2) is 49.1 Å². The summed E-state index contributed by atoms with van der Waals surface area (Å²) in [5.74, 6) is -1.86. The summed E-state index contributed by atoms with van der Waals surface area (Å²) in [7, 11) is 0. The topological polar surface area (TPSA) is 137 Å². The fraction of sp³-hybridized carbons (Fsp3) is 0.727. The van der Waals surface area contributed by atoms with Gasteiger partial charge in [0.2, 0.25) is 0 Å². The van der Waals surface area contributed by atoms with Crippen molar-refractivity contribution in [2.75, 3.05) is 6.61 Å². The predicted molar refractivity (Wildman–Crippen MR) is 65.5 cm³/mol. The van der Waals surface area contributed by atoms with Crippen molar-refractivity contribution in [3.63, 3.8) is 0 Å². The van der Waals surface area contributed by atoms with Crippen molar-refractivity contribution in [3.05, 3.63) is 10.4 Å². The number of ether oxygens (including phenoxy) is 4. The Kier molecular flexibility index (Phi) is 5.94. The number of rotatable bonds is 5. The Morgan fingerprint density at radius 3 is 2.14 bits per heavy atom. The van der Waals surface area contributed by atoms with Crippen molar-refractivity contribution in [2.45, 2.75) is 45.3 Å². The van der Waals surface area contributed by atoms with Gasteiger partial charge in [-0.15, -0.1) is 0 Å². The number of nitrogens with zero attached hydrogens (tertiary/aromatic N) is 3. The Morgan fingerprint density at radius 1 is 1.10 bits per heavy atom. The van der Waals surface area contributed by atoms with E-state index in [1.54, 1.807) is 0 Å². The first-order chi connectivity index (χ1) is 9.85. The van der Waals surface area contributed by atoms with Gasteiger partial charge in [0.15, 0.2) is 18.4 Å². The molecule has 0 aliphatic carbocycles. The van der Waals surface area contributed by atoms with Crippen molar-refractivity contribution in [2.24, 2.45) is 5.11 Å². The summed E-state index contributed by atoms with van der Waals surface area (Å²) in [4.78, 5) is 35.7.